The third-order valence-corrected chi connectivity index (χ3v) is 1.44. The Bertz CT molecular complexity index is 138. The summed E-state index contributed by atoms with van der Waals surface area (Å²) in [5.74, 6) is -0.115. The van der Waals surface area contributed by atoms with Crippen molar-refractivity contribution in [3.8, 4) is 0 Å². The van der Waals surface area contributed by atoms with Crippen LogP contribution in [0.15, 0.2) is 0 Å². The standard InChI is InChI=1S/C8H14O3/c1-6(2)11-8(9)4-3-7-5-10-7/h6-7H,3-5H2,1-2H3/t7-/m0/s1. The fourth-order valence-corrected chi connectivity index (χ4v) is 0.835. The van der Waals surface area contributed by atoms with E-state index in [2.05, 4.69) is 0 Å². The van der Waals surface area contributed by atoms with E-state index in [0.717, 1.165) is 13.0 Å². The zero-order valence-corrected chi connectivity index (χ0v) is 7.00. The first kappa shape index (κ1) is 8.53. The molecule has 0 radical (unpaired) electrons. The van der Waals surface area contributed by atoms with Gasteiger partial charge in [-0.05, 0) is 20.3 Å². The summed E-state index contributed by atoms with van der Waals surface area (Å²) in [6, 6.07) is 0. The number of hydrogen-bond acceptors (Lipinski definition) is 3. The second-order valence-corrected chi connectivity index (χ2v) is 3.03. The first-order valence-electron chi connectivity index (χ1n) is 3.99. The molecule has 1 fully saturated rings. The van der Waals surface area contributed by atoms with Crippen LogP contribution in [0.5, 0.6) is 0 Å². The van der Waals surface area contributed by atoms with Gasteiger partial charge >= 0.3 is 5.97 Å². The van der Waals surface area contributed by atoms with Crippen molar-refractivity contribution in [2.75, 3.05) is 6.61 Å². The summed E-state index contributed by atoms with van der Waals surface area (Å²) in [6.07, 6.45) is 1.63. The highest BCUT2D eigenvalue weighted by Gasteiger charge is 2.23. The summed E-state index contributed by atoms with van der Waals surface area (Å²) in [4.78, 5) is 10.9. The SMILES string of the molecule is CC(C)OC(=O)CC[C@H]1CO1. The van der Waals surface area contributed by atoms with Crippen LogP contribution < -0.4 is 0 Å². The highest BCUT2D eigenvalue weighted by atomic mass is 16.6. The van der Waals surface area contributed by atoms with Crippen LogP contribution >= 0.6 is 0 Å². The number of ether oxygens (including phenoxy) is 2. The van der Waals surface area contributed by atoms with Crippen LogP contribution in [-0.4, -0.2) is 24.8 Å². The first-order valence-corrected chi connectivity index (χ1v) is 3.99. The van der Waals surface area contributed by atoms with Gasteiger partial charge in [0.25, 0.3) is 0 Å². The fraction of sp³-hybridized carbons (Fsp3) is 0.875. The largest absolute Gasteiger partial charge is 0.463 e. The minimum atomic E-state index is -0.115. The molecule has 1 aliphatic heterocycles. The molecule has 0 bridgehead atoms. The van der Waals surface area contributed by atoms with E-state index in [1.165, 1.54) is 0 Å². The molecule has 0 unspecified atom stereocenters. The van der Waals surface area contributed by atoms with Gasteiger partial charge in [0.2, 0.25) is 0 Å². The third kappa shape index (κ3) is 3.98. The average molecular weight is 158 g/mol. The molecule has 0 aliphatic carbocycles. The summed E-state index contributed by atoms with van der Waals surface area (Å²) < 4.78 is 9.89. The molecule has 0 amide bonds. The zero-order valence-electron chi connectivity index (χ0n) is 7.00. The van der Waals surface area contributed by atoms with E-state index in [0.29, 0.717) is 12.5 Å². The third-order valence-electron chi connectivity index (χ3n) is 1.44. The molecule has 3 heteroatoms. The average Bonchev–Trinajstić information content (AvgIpc) is 2.63. The molecule has 3 nitrogen and oxygen atoms in total. The molecule has 1 rings (SSSR count). The van der Waals surface area contributed by atoms with E-state index < -0.39 is 0 Å². The van der Waals surface area contributed by atoms with E-state index in [4.69, 9.17) is 9.47 Å². The smallest absolute Gasteiger partial charge is 0.306 e. The number of hydrogen-bond donors (Lipinski definition) is 0. The summed E-state index contributed by atoms with van der Waals surface area (Å²) in [6.45, 7) is 4.52. The van der Waals surface area contributed by atoms with Gasteiger partial charge < -0.3 is 9.47 Å². The van der Waals surface area contributed by atoms with Gasteiger partial charge in [-0.1, -0.05) is 0 Å². The Labute approximate surface area is 66.7 Å². The Balaban J connectivity index is 2.00. The maximum Gasteiger partial charge on any atom is 0.306 e. The highest BCUT2D eigenvalue weighted by Crippen LogP contribution is 2.15. The lowest BCUT2D eigenvalue weighted by atomic mass is 10.2. The topological polar surface area (TPSA) is 38.8 Å². The van der Waals surface area contributed by atoms with Gasteiger partial charge in [-0.25, -0.2) is 0 Å². The Morgan fingerprint density at radius 3 is 2.82 bits per heavy atom. The predicted octanol–water partition coefficient (Wildman–Crippen LogP) is 1.12. The number of carbonyl (C=O) groups is 1. The molecule has 64 valence electrons. The van der Waals surface area contributed by atoms with E-state index >= 15 is 0 Å². The van der Waals surface area contributed by atoms with Crippen LogP contribution in [0.3, 0.4) is 0 Å². The van der Waals surface area contributed by atoms with Gasteiger partial charge in [0, 0.05) is 6.42 Å². The van der Waals surface area contributed by atoms with E-state index in [1.54, 1.807) is 0 Å². The van der Waals surface area contributed by atoms with Crippen LogP contribution in [0.1, 0.15) is 26.7 Å². The Morgan fingerprint density at radius 2 is 2.36 bits per heavy atom. The minimum absolute atomic E-state index is 0.00243. The number of esters is 1. The summed E-state index contributed by atoms with van der Waals surface area (Å²) in [7, 11) is 0. The predicted molar refractivity (Wildman–Crippen MR) is 40.2 cm³/mol. The second-order valence-electron chi connectivity index (χ2n) is 3.03. The summed E-state index contributed by atoms with van der Waals surface area (Å²) in [5.41, 5.74) is 0. The van der Waals surface area contributed by atoms with Crippen LogP contribution in [0.25, 0.3) is 0 Å². The van der Waals surface area contributed by atoms with Crippen molar-refractivity contribution in [1.29, 1.82) is 0 Å². The molecule has 0 saturated carbocycles. The molecular weight excluding hydrogens is 144 g/mol. The van der Waals surface area contributed by atoms with Crippen molar-refractivity contribution in [2.24, 2.45) is 0 Å². The van der Waals surface area contributed by atoms with Crippen LogP contribution in [0.4, 0.5) is 0 Å². The quantitative estimate of drug-likeness (QED) is 0.454. The lowest BCUT2D eigenvalue weighted by Gasteiger charge is -2.06. The number of epoxide rings is 1. The number of rotatable bonds is 4. The van der Waals surface area contributed by atoms with E-state index in [1.807, 2.05) is 13.8 Å². The minimum Gasteiger partial charge on any atom is -0.463 e. The molecule has 0 aromatic rings. The van der Waals surface area contributed by atoms with Gasteiger partial charge in [-0.2, -0.15) is 0 Å². The monoisotopic (exact) mass is 158 g/mol. The summed E-state index contributed by atoms with van der Waals surface area (Å²) in [5, 5.41) is 0. The van der Waals surface area contributed by atoms with Gasteiger partial charge in [0.05, 0.1) is 18.8 Å². The number of carbonyl (C=O) groups excluding carboxylic acids is 1. The van der Waals surface area contributed by atoms with Crippen LogP contribution in [0, 0.1) is 0 Å². The molecule has 1 aliphatic rings. The normalized spacial score (nSPS) is 21.9. The van der Waals surface area contributed by atoms with Crippen molar-refractivity contribution < 1.29 is 14.3 Å². The summed E-state index contributed by atoms with van der Waals surface area (Å²) >= 11 is 0. The maximum absolute atomic E-state index is 10.9. The van der Waals surface area contributed by atoms with Crippen molar-refractivity contribution in [3.05, 3.63) is 0 Å². The lowest BCUT2D eigenvalue weighted by molar-refractivity contribution is -0.147. The second kappa shape index (κ2) is 3.72. The first-order chi connectivity index (χ1) is 5.18. The Hall–Kier alpha value is -0.570. The van der Waals surface area contributed by atoms with Crippen LogP contribution in [-0.2, 0) is 14.3 Å². The van der Waals surface area contributed by atoms with E-state index in [-0.39, 0.29) is 12.1 Å². The van der Waals surface area contributed by atoms with Crippen molar-refractivity contribution in [2.45, 2.75) is 38.9 Å². The molecule has 0 aromatic carbocycles. The van der Waals surface area contributed by atoms with Gasteiger partial charge in [0.15, 0.2) is 0 Å². The molecular formula is C8H14O3. The van der Waals surface area contributed by atoms with Crippen LogP contribution in [0.2, 0.25) is 0 Å². The molecule has 0 aromatic heterocycles. The van der Waals surface area contributed by atoms with Gasteiger partial charge in [-0.15, -0.1) is 0 Å². The lowest BCUT2D eigenvalue weighted by Crippen LogP contribution is -2.11. The van der Waals surface area contributed by atoms with Gasteiger partial charge in [-0.3, -0.25) is 4.79 Å². The maximum atomic E-state index is 10.9. The van der Waals surface area contributed by atoms with Crippen molar-refractivity contribution in [3.63, 3.8) is 0 Å². The molecule has 1 heterocycles. The molecule has 0 spiro atoms. The molecule has 0 N–H and O–H groups in total. The Morgan fingerprint density at radius 1 is 1.73 bits per heavy atom. The molecule has 11 heavy (non-hydrogen) atoms. The van der Waals surface area contributed by atoms with E-state index in [9.17, 15) is 4.79 Å². The van der Waals surface area contributed by atoms with Crippen molar-refractivity contribution >= 4 is 5.97 Å². The van der Waals surface area contributed by atoms with Gasteiger partial charge in [0.1, 0.15) is 0 Å². The fourth-order valence-electron chi connectivity index (χ4n) is 0.835. The molecule has 1 saturated heterocycles. The zero-order chi connectivity index (χ0) is 8.27. The molecule has 1 atom stereocenters. The highest BCUT2D eigenvalue weighted by molar-refractivity contribution is 5.69. The Kier molecular flexibility index (Phi) is 2.88. The van der Waals surface area contributed by atoms with Crippen molar-refractivity contribution in [1.82, 2.24) is 0 Å².